The van der Waals surface area contributed by atoms with Crippen molar-refractivity contribution in [2.75, 3.05) is 7.05 Å². The zero-order valence-electron chi connectivity index (χ0n) is 12.9. The quantitative estimate of drug-likeness (QED) is 0.931. The Morgan fingerprint density at radius 3 is 2.80 bits per heavy atom. The maximum atomic E-state index is 12.8. The summed E-state index contributed by atoms with van der Waals surface area (Å²) in [7, 11) is 1.91. The number of rotatable bonds is 3. The minimum absolute atomic E-state index is 0.0293. The van der Waals surface area contributed by atoms with Crippen LogP contribution in [0.5, 0.6) is 0 Å². The number of nitrogens with zero attached hydrogens (tertiary/aromatic N) is 1. The Morgan fingerprint density at radius 1 is 1.50 bits per heavy atom. The highest BCUT2D eigenvalue weighted by molar-refractivity contribution is 7.09. The topological polar surface area (TPSA) is 46.3 Å². The predicted octanol–water partition coefficient (Wildman–Crippen LogP) is 3.11. The molecule has 0 spiro atoms. The Morgan fingerprint density at radius 2 is 2.20 bits per heavy atom. The van der Waals surface area contributed by atoms with Crippen LogP contribution in [0.15, 0.2) is 17.5 Å². The van der Waals surface area contributed by atoms with E-state index in [9.17, 15) is 4.79 Å². The molecule has 112 valence electrons. The van der Waals surface area contributed by atoms with Crippen molar-refractivity contribution in [2.45, 2.75) is 46.2 Å². The Hall–Kier alpha value is -0.870. The van der Waals surface area contributed by atoms with Crippen LogP contribution in [0, 0.1) is 17.3 Å². The SMILES string of the molecule is CC1C(N)CCC(C(=O)N(C)Cc2cccs2)C1(C)C. The van der Waals surface area contributed by atoms with E-state index in [4.69, 9.17) is 5.73 Å². The molecule has 1 heterocycles. The fraction of sp³-hybridized carbons (Fsp3) is 0.688. The summed E-state index contributed by atoms with van der Waals surface area (Å²) >= 11 is 1.70. The van der Waals surface area contributed by atoms with E-state index < -0.39 is 0 Å². The lowest BCUT2D eigenvalue weighted by atomic mass is 9.61. The van der Waals surface area contributed by atoms with Gasteiger partial charge < -0.3 is 10.6 Å². The first-order valence-corrected chi connectivity index (χ1v) is 8.25. The molecular formula is C16H26N2OS. The van der Waals surface area contributed by atoms with Gasteiger partial charge in [-0.05, 0) is 35.6 Å². The number of amides is 1. The fourth-order valence-electron chi connectivity index (χ4n) is 3.27. The van der Waals surface area contributed by atoms with Crippen molar-refractivity contribution < 1.29 is 4.79 Å². The summed E-state index contributed by atoms with van der Waals surface area (Å²) in [6, 6.07) is 4.33. The zero-order chi connectivity index (χ0) is 14.9. The van der Waals surface area contributed by atoms with Crippen LogP contribution in [0.4, 0.5) is 0 Å². The minimum Gasteiger partial charge on any atom is -0.340 e. The lowest BCUT2D eigenvalue weighted by molar-refractivity contribution is -0.142. The van der Waals surface area contributed by atoms with E-state index in [1.165, 1.54) is 4.88 Å². The third-order valence-corrected chi connectivity index (χ3v) is 6.01. The highest BCUT2D eigenvalue weighted by Crippen LogP contribution is 2.45. The standard InChI is InChI=1S/C16H26N2OS/c1-11-14(17)8-7-13(16(11,2)3)15(19)18(4)10-12-6-5-9-20-12/h5-6,9,11,13-14H,7-8,10,17H2,1-4H3. The van der Waals surface area contributed by atoms with E-state index in [-0.39, 0.29) is 23.3 Å². The second kappa shape index (κ2) is 5.86. The van der Waals surface area contributed by atoms with Gasteiger partial charge in [0, 0.05) is 23.9 Å². The Labute approximate surface area is 126 Å². The molecule has 0 saturated heterocycles. The third kappa shape index (κ3) is 2.91. The molecule has 1 amide bonds. The molecule has 0 radical (unpaired) electrons. The molecule has 0 aliphatic heterocycles. The van der Waals surface area contributed by atoms with Crippen LogP contribution in [-0.4, -0.2) is 23.9 Å². The molecule has 1 aliphatic carbocycles. The number of hydrogen-bond acceptors (Lipinski definition) is 3. The van der Waals surface area contributed by atoms with Crippen molar-refractivity contribution in [3.8, 4) is 0 Å². The van der Waals surface area contributed by atoms with E-state index in [1.807, 2.05) is 18.0 Å². The van der Waals surface area contributed by atoms with Crippen LogP contribution in [0.3, 0.4) is 0 Å². The lowest BCUT2D eigenvalue weighted by Gasteiger charge is -2.47. The molecule has 2 N–H and O–H groups in total. The van der Waals surface area contributed by atoms with Gasteiger partial charge in [0.05, 0.1) is 6.54 Å². The molecule has 0 bridgehead atoms. The highest BCUT2D eigenvalue weighted by atomic mass is 32.1. The van der Waals surface area contributed by atoms with Crippen LogP contribution in [0.1, 0.15) is 38.5 Å². The highest BCUT2D eigenvalue weighted by Gasteiger charge is 2.45. The van der Waals surface area contributed by atoms with Gasteiger partial charge in [-0.1, -0.05) is 26.8 Å². The molecule has 3 nitrogen and oxygen atoms in total. The molecule has 1 aromatic heterocycles. The lowest BCUT2D eigenvalue weighted by Crippen LogP contribution is -2.51. The van der Waals surface area contributed by atoms with Gasteiger partial charge in [0.15, 0.2) is 0 Å². The third-order valence-electron chi connectivity index (χ3n) is 5.15. The summed E-state index contributed by atoms with van der Waals surface area (Å²) in [6.45, 7) is 7.28. The van der Waals surface area contributed by atoms with Crippen LogP contribution >= 0.6 is 11.3 Å². The molecule has 4 heteroatoms. The Bertz CT molecular complexity index is 455. The fourth-order valence-corrected chi connectivity index (χ4v) is 4.03. The summed E-state index contributed by atoms with van der Waals surface area (Å²) in [5, 5.41) is 2.05. The molecule has 0 aromatic carbocycles. The normalized spacial score (nSPS) is 29.1. The van der Waals surface area contributed by atoms with Crippen molar-refractivity contribution in [3.63, 3.8) is 0 Å². The van der Waals surface area contributed by atoms with Gasteiger partial charge in [-0.2, -0.15) is 0 Å². The average molecular weight is 294 g/mol. The van der Waals surface area contributed by atoms with Gasteiger partial charge >= 0.3 is 0 Å². The summed E-state index contributed by atoms with van der Waals surface area (Å²) in [5.41, 5.74) is 6.15. The first-order chi connectivity index (χ1) is 9.34. The van der Waals surface area contributed by atoms with Crippen molar-refractivity contribution in [2.24, 2.45) is 23.0 Å². The predicted molar refractivity (Wildman–Crippen MR) is 84.4 cm³/mol. The maximum absolute atomic E-state index is 12.8. The van der Waals surface area contributed by atoms with Crippen molar-refractivity contribution in [3.05, 3.63) is 22.4 Å². The van der Waals surface area contributed by atoms with Crippen LogP contribution in [0.2, 0.25) is 0 Å². The largest absolute Gasteiger partial charge is 0.340 e. The van der Waals surface area contributed by atoms with Gasteiger partial charge in [0.2, 0.25) is 5.91 Å². The molecule has 20 heavy (non-hydrogen) atoms. The molecule has 1 saturated carbocycles. The van der Waals surface area contributed by atoms with Crippen LogP contribution in [0.25, 0.3) is 0 Å². The van der Waals surface area contributed by atoms with E-state index in [0.717, 1.165) is 12.8 Å². The Balaban J connectivity index is 2.08. The molecule has 2 rings (SSSR count). The monoisotopic (exact) mass is 294 g/mol. The molecule has 3 unspecified atom stereocenters. The first-order valence-electron chi connectivity index (χ1n) is 7.37. The van der Waals surface area contributed by atoms with Crippen molar-refractivity contribution >= 4 is 17.2 Å². The molecular weight excluding hydrogens is 268 g/mol. The summed E-state index contributed by atoms with van der Waals surface area (Å²) in [6.07, 6.45) is 1.86. The average Bonchev–Trinajstić information content (AvgIpc) is 2.88. The molecule has 3 atom stereocenters. The van der Waals surface area contributed by atoms with Gasteiger partial charge in [0.25, 0.3) is 0 Å². The molecule has 1 fully saturated rings. The number of carbonyl (C=O) groups excluding carboxylic acids is 1. The minimum atomic E-state index is -0.0293. The summed E-state index contributed by atoms with van der Waals surface area (Å²) < 4.78 is 0. The van der Waals surface area contributed by atoms with Gasteiger partial charge in [-0.15, -0.1) is 11.3 Å². The van der Waals surface area contributed by atoms with Crippen LogP contribution in [-0.2, 0) is 11.3 Å². The molecule has 1 aromatic rings. The van der Waals surface area contributed by atoms with E-state index in [1.54, 1.807) is 11.3 Å². The van der Waals surface area contributed by atoms with Crippen molar-refractivity contribution in [1.82, 2.24) is 4.90 Å². The van der Waals surface area contributed by atoms with Gasteiger partial charge in [-0.3, -0.25) is 4.79 Å². The van der Waals surface area contributed by atoms with E-state index in [2.05, 4.69) is 32.2 Å². The van der Waals surface area contributed by atoms with E-state index >= 15 is 0 Å². The smallest absolute Gasteiger partial charge is 0.226 e. The number of nitrogens with two attached hydrogens (primary N) is 1. The maximum Gasteiger partial charge on any atom is 0.226 e. The number of thiophene rings is 1. The number of carbonyl (C=O) groups is 1. The summed E-state index contributed by atoms with van der Waals surface area (Å²) in [5.74, 6) is 0.727. The van der Waals surface area contributed by atoms with E-state index in [0.29, 0.717) is 12.5 Å². The van der Waals surface area contributed by atoms with Gasteiger partial charge in [0.1, 0.15) is 0 Å². The second-order valence-electron chi connectivity index (χ2n) is 6.68. The van der Waals surface area contributed by atoms with Crippen molar-refractivity contribution in [1.29, 1.82) is 0 Å². The first kappa shape index (κ1) is 15.5. The summed E-state index contributed by atoms with van der Waals surface area (Å²) in [4.78, 5) is 15.9. The Kier molecular flexibility index (Phi) is 4.55. The second-order valence-corrected chi connectivity index (χ2v) is 7.71. The van der Waals surface area contributed by atoms with Gasteiger partial charge in [-0.25, -0.2) is 0 Å². The number of hydrogen-bond donors (Lipinski definition) is 1. The zero-order valence-corrected chi connectivity index (χ0v) is 13.7. The van der Waals surface area contributed by atoms with Crippen LogP contribution < -0.4 is 5.73 Å². The molecule has 1 aliphatic rings.